The summed E-state index contributed by atoms with van der Waals surface area (Å²) in [5.74, 6) is 1.04. The lowest BCUT2D eigenvalue weighted by molar-refractivity contribution is -0.120. The minimum Gasteiger partial charge on any atom is -0.494 e. The van der Waals surface area contributed by atoms with Crippen molar-refractivity contribution in [1.29, 1.82) is 0 Å². The van der Waals surface area contributed by atoms with Crippen LogP contribution in [0.15, 0.2) is 41.1 Å². The van der Waals surface area contributed by atoms with E-state index in [0.717, 1.165) is 30.8 Å². The molecular formula is C21H22FN5O3. The van der Waals surface area contributed by atoms with Crippen LogP contribution in [0.2, 0.25) is 0 Å². The number of hydrogen-bond donors (Lipinski definition) is 1. The lowest BCUT2D eigenvalue weighted by atomic mass is 9.97. The van der Waals surface area contributed by atoms with E-state index in [4.69, 9.17) is 9.26 Å². The minimum absolute atomic E-state index is 0.137. The fraction of sp³-hybridized carbons (Fsp3) is 0.333. The van der Waals surface area contributed by atoms with Gasteiger partial charge in [0.1, 0.15) is 5.82 Å². The third kappa shape index (κ3) is 4.24. The first-order valence-corrected chi connectivity index (χ1v) is 9.69. The second kappa shape index (κ2) is 8.48. The molecule has 0 spiro atoms. The van der Waals surface area contributed by atoms with Gasteiger partial charge in [-0.25, -0.2) is 9.37 Å². The van der Waals surface area contributed by atoms with E-state index < -0.39 is 5.82 Å². The molecule has 1 atom stereocenters. The van der Waals surface area contributed by atoms with Crippen LogP contribution >= 0.6 is 0 Å². The summed E-state index contributed by atoms with van der Waals surface area (Å²) in [6.07, 6.45) is 3.31. The maximum Gasteiger partial charge on any atom is 0.259 e. The van der Waals surface area contributed by atoms with Gasteiger partial charge in [0.2, 0.25) is 5.91 Å². The number of halogens is 1. The van der Waals surface area contributed by atoms with E-state index in [1.165, 1.54) is 19.2 Å². The minimum atomic E-state index is -0.513. The number of hydrogen-bond acceptors (Lipinski definition) is 7. The third-order valence-electron chi connectivity index (χ3n) is 5.06. The normalized spacial score (nSPS) is 16.4. The van der Waals surface area contributed by atoms with E-state index in [1.807, 2.05) is 12.1 Å². The summed E-state index contributed by atoms with van der Waals surface area (Å²) in [6.45, 7) is 3.11. The number of nitrogens with one attached hydrogen (secondary N) is 1. The Morgan fingerprint density at radius 1 is 1.33 bits per heavy atom. The maximum absolute atomic E-state index is 13.9. The molecule has 9 heteroatoms. The van der Waals surface area contributed by atoms with Crippen LogP contribution in [-0.2, 0) is 4.79 Å². The fourth-order valence-corrected chi connectivity index (χ4v) is 3.50. The van der Waals surface area contributed by atoms with Gasteiger partial charge in [0.15, 0.2) is 17.4 Å². The molecule has 0 saturated carbocycles. The van der Waals surface area contributed by atoms with Gasteiger partial charge in [-0.2, -0.15) is 4.98 Å². The van der Waals surface area contributed by atoms with Gasteiger partial charge < -0.3 is 19.5 Å². The summed E-state index contributed by atoms with van der Waals surface area (Å²) in [4.78, 5) is 23.5. The van der Waals surface area contributed by atoms with Crippen molar-refractivity contribution in [1.82, 2.24) is 15.1 Å². The Hall–Kier alpha value is -3.49. The third-order valence-corrected chi connectivity index (χ3v) is 5.06. The Morgan fingerprint density at radius 3 is 2.87 bits per heavy atom. The highest BCUT2D eigenvalue weighted by molar-refractivity contribution is 5.93. The van der Waals surface area contributed by atoms with E-state index in [1.54, 1.807) is 19.2 Å². The molecule has 1 N–H and O–H groups in total. The van der Waals surface area contributed by atoms with Crippen LogP contribution in [0, 0.1) is 18.7 Å². The monoisotopic (exact) mass is 411 g/mol. The van der Waals surface area contributed by atoms with Gasteiger partial charge in [-0.1, -0.05) is 5.16 Å². The molecule has 0 radical (unpaired) electrons. The number of anilines is 2. The number of methoxy groups -OCH3 is 1. The van der Waals surface area contributed by atoms with Crippen molar-refractivity contribution in [2.75, 3.05) is 30.4 Å². The summed E-state index contributed by atoms with van der Waals surface area (Å²) in [5, 5.41) is 6.58. The standard InChI is InChI=1S/C21H22FN5O3/c1-13-24-21(30-26-13)14-5-8-19(23-11-14)27-9-3-4-15(12-27)20(28)25-16-6-7-18(29-2)17(22)10-16/h5-8,10-11,15H,3-4,9,12H2,1-2H3,(H,25,28). The quantitative estimate of drug-likeness (QED) is 0.687. The van der Waals surface area contributed by atoms with Crippen molar-refractivity contribution in [2.24, 2.45) is 5.92 Å². The van der Waals surface area contributed by atoms with E-state index in [0.29, 0.717) is 23.9 Å². The first-order chi connectivity index (χ1) is 14.5. The van der Waals surface area contributed by atoms with Crippen molar-refractivity contribution in [2.45, 2.75) is 19.8 Å². The van der Waals surface area contributed by atoms with Crippen LogP contribution in [-0.4, -0.2) is 41.2 Å². The molecule has 1 fully saturated rings. The number of carbonyl (C=O) groups excluding carboxylic acids is 1. The van der Waals surface area contributed by atoms with Gasteiger partial charge in [0, 0.05) is 31.0 Å². The molecule has 1 saturated heterocycles. The molecule has 30 heavy (non-hydrogen) atoms. The van der Waals surface area contributed by atoms with Crippen LogP contribution in [0.4, 0.5) is 15.9 Å². The maximum atomic E-state index is 13.9. The summed E-state index contributed by atoms with van der Waals surface area (Å²) in [7, 11) is 1.40. The van der Waals surface area contributed by atoms with Crippen molar-refractivity contribution >= 4 is 17.4 Å². The molecular weight excluding hydrogens is 389 g/mol. The van der Waals surface area contributed by atoms with E-state index in [2.05, 4.69) is 25.3 Å². The van der Waals surface area contributed by atoms with Crippen LogP contribution in [0.3, 0.4) is 0 Å². The number of aromatic nitrogens is 3. The second-order valence-corrected chi connectivity index (χ2v) is 7.18. The Bertz CT molecular complexity index is 1040. The Labute approximate surface area is 173 Å². The average molecular weight is 411 g/mol. The summed E-state index contributed by atoms with van der Waals surface area (Å²) < 4.78 is 23.9. The van der Waals surface area contributed by atoms with Crippen molar-refractivity contribution in [3.8, 4) is 17.2 Å². The summed E-state index contributed by atoms with van der Waals surface area (Å²) >= 11 is 0. The molecule has 1 unspecified atom stereocenters. The average Bonchev–Trinajstić information content (AvgIpc) is 3.20. The molecule has 1 aromatic carbocycles. The molecule has 4 rings (SSSR count). The zero-order valence-corrected chi connectivity index (χ0v) is 16.8. The first-order valence-electron chi connectivity index (χ1n) is 9.69. The largest absolute Gasteiger partial charge is 0.494 e. The number of carbonyl (C=O) groups is 1. The summed E-state index contributed by atoms with van der Waals surface area (Å²) in [5.41, 5.74) is 1.15. The van der Waals surface area contributed by atoms with Crippen molar-refractivity contribution < 1.29 is 18.4 Å². The van der Waals surface area contributed by atoms with Gasteiger partial charge in [0.05, 0.1) is 18.6 Å². The Kier molecular flexibility index (Phi) is 5.60. The zero-order valence-electron chi connectivity index (χ0n) is 16.8. The molecule has 3 aromatic rings. The molecule has 3 heterocycles. The molecule has 8 nitrogen and oxygen atoms in total. The molecule has 0 aliphatic carbocycles. The number of aryl methyl sites for hydroxylation is 1. The highest BCUT2D eigenvalue weighted by atomic mass is 19.1. The van der Waals surface area contributed by atoms with Gasteiger partial charge in [-0.15, -0.1) is 0 Å². The Morgan fingerprint density at radius 2 is 2.20 bits per heavy atom. The molecule has 1 aliphatic rings. The molecule has 156 valence electrons. The van der Waals surface area contributed by atoms with Crippen LogP contribution in [0.1, 0.15) is 18.7 Å². The fourth-order valence-electron chi connectivity index (χ4n) is 3.50. The lowest BCUT2D eigenvalue weighted by Crippen LogP contribution is -2.41. The number of rotatable bonds is 5. The Balaban J connectivity index is 1.41. The van der Waals surface area contributed by atoms with Crippen LogP contribution in [0.25, 0.3) is 11.5 Å². The highest BCUT2D eigenvalue weighted by Crippen LogP contribution is 2.26. The van der Waals surface area contributed by atoms with Crippen LogP contribution in [0.5, 0.6) is 5.75 Å². The van der Waals surface area contributed by atoms with Crippen molar-refractivity contribution in [3.05, 3.63) is 48.2 Å². The van der Waals surface area contributed by atoms with E-state index >= 15 is 0 Å². The predicted octanol–water partition coefficient (Wildman–Crippen LogP) is 3.44. The number of pyridine rings is 1. The summed E-state index contributed by atoms with van der Waals surface area (Å²) in [6, 6.07) is 8.14. The first kappa shape index (κ1) is 19.8. The number of piperidine rings is 1. The SMILES string of the molecule is COc1ccc(NC(=O)C2CCCN(c3ccc(-c4nc(C)no4)cn3)C2)cc1F. The number of benzene rings is 1. The van der Waals surface area contributed by atoms with Crippen LogP contribution < -0.4 is 15.0 Å². The lowest BCUT2D eigenvalue weighted by Gasteiger charge is -2.32. The van der Waals surface area contributed by atoms with Gasteiger partial charge in [-0.05, 0) is 44.0 Å². The number of ether oxygens (including phenoxy) is 1. The predicted molar refractivity (Wildman–Crippen MR) is 109 cm³/mol. The number of amides is 1. The van der Waals surface area contributed by atoms with Crippen molar-refractivity contribution in [3.63, 3.8) is 0 Å². The smallest absolute Gasteiger partial charge is 0.259 e. The highest BCUT2D eigenvalue weighted by Gasteiger charge is 2.27. The van der Waals surface area contributed by atoms with Gasteiger partial charge in [-0.3, -0.25) is 4.79 Å². The molecule has 1 amide bonds. The molecule has 0 bridgehead atoms. The van der Waals surface area contributed by atoms with Gasteiger partial charge in [0.25, 0.3) is 5.89 Å². The topological polar surface area (TPSA) is 93.4 Å². The molecule has 1 aliphatic heterocycles. The zero-order chi connectivity index (χ0) is 21.1. The molecule has 2 aromatic heterocycles. The number of nitrogens with zero attached hydrogens (tertiary/aromatic N) is 4. The van der Waals surface area contributed by atoms with E-state index in [9.17, 15) is 9.18 Å². The van der Waals surface area contributed by atoms with Gasteiger partial charge >= 0.3 is 0 Å². The van der Waals surface area contributed by atoms with E-state index in [-0.39, 0.29) is 17.6 Å². The second-order valence-electron chi connectivity index (χ2n) is 7.18.